The molecule has 1 unspecified atom stereocenters. The minimum Gasteiger partial charge on any atom is -0.497 e. The lowest BCUT2D eigenvalue weighted by Gasteiger charge is -2.15. The lowest BCUT2D eigenvalue weighted by atomic mass is 10.1. The molecule has 0 aliphatic carbocycles. The molecule has 1 fully saturated rings. The van der Waals surface area contributed by atoms with Gasteiger partial charge in [0.1, 0.15) is 5.75 Å². The summed E-state index contributed by atoms with van der Waals surface area (Å²) in [6.45, 7) is 1.57. The monoisotopic (exact) mass is 248 g/mol. The van der Waals surface area contributed by atoms with Gasteiger partial charge < -0.3 is 15.4 Å². The van der Waals surface area contributed by atoms with Gasteiger partial charge in [0.05, 0.1) is 7.11 Å². The van der Waals surface area contributed by atoms with Crippen LogP contribution in [-0.4, -0.2) is 25.6 Å². The van der Waals surface area contributed by atoms with Crippen LogP contribution in [0, 0.1) is 0 Å². The van der Waals surface area contributed by atoms with Crippen LogP contribution in [-0.2, 0) is 11.3 Å². The van der Waals surface area contributed by atoms with E-state index >= 15 is 0 Å². The first kappa shape index (κ1) is 12.9. The predicted molar refractivity (Wildman–Crippen MR) is 70.5 cm³/mol. The van der Waals surface area contributed by atoms with Crippen molar-refractivity contribution < 1.29 is 9.53 Å². The van der Waals surface area contributed by atoms with Crippen molar-refractivity contribution in [1.82, 2.24) is 10.6 Å². The van der Waals surface area contributed by atoms with Gasteiger partial charge in [-0.15, -0.1) is 0 Å². The second-order valence-corrected chi connectivity index (χ2v) is 4.63. The van der Waals surface area contributed by atoms with E-state index in [0.717, 1.165) is 31.7 Å². The number of methoxy groups -OCH3 is 1. The van der Waals surface area contributed by atoms with Crippen LogP contribution in [0.3, 0.4) is 0 Å². The van der Waals surface area contributed by atoms with E-state index in [1.807, 2.05) is 18.2 Å². The molecule has 0 saturated carbocycles. The Morgan fingerprint density at radius 3 is 3.22 bits per heavy atom. The molecule has 2 N–H and O–H groups in total. The highest BCUT2D eigenvalue weighted by molar-refractivity contribution is 5.76. The Balaban J connectivity index is 1.87. The smallest absolute Gasteiger partial charge is 0.221 e. The maximum atomic E-state index is 11.4. The average Bonchev–Trinajstić information content (AvgIpc) is 2.61. The molecule has 0 radical (unpaired) electrons. The van der Waals surface area contributed by atoms with E-state index in [1.165, 1.54) is 5.56 Å². The van der Waals surface area contributed by atoms with Crippen LogP contribution >= 0.6 is 0 Å². The van der Waals surface area contributed by atoms with E-state index in [9.17, 15) is 4.79 Å². The number of nitrogens with one attached hydrogen (secondary N) is 2. The Bertz CT molecular complexity index is 407. The molecule has 4 nitrogen and oxygen atoms in total. The normalized spacial score (nSPS) is 20.1. The molecule has 18 heavy (non-hydrogen) atoms. The summed E-state index contributed by atoms with van der Waals surface area (Å²) in [6, 6.07) is 8.27. The summed E-state index contributed by atoms with van der Waals surface area (Å²) in [5.74, 6) is 1.02. The van der Waals surface area contributed by atoms with Crippen LogP contribution in [0.25, 0.3) is 0 Å². The molecule has 98 valence electrons. The van der Waals surface area contributed by atoms with Gasteiger partial charge in [-0.2, -0.15) is 0 Å². The molecular weight excluding hydrogens is 228 g/mol. The van der Waals surface area contributed by atoms with Gasteiger partial charge >= 0.3 is 0 Å². The van der Waals surface area contributed by atoms with Crippen molar-refractivity contribution in [3.8, 4) is 5.75 Å². The Kier molecular flexibility index (Phi) is 4.59. The van der Waals surface area contributed by atoms with Crippen molar-refractivity contribution in [2.75, 3.05) is 13.7 Å². The minimum absolute atomic E-state index is 0.149. The fraction of sp³-hybridized carbons (Fsp3) is 0.500. The van der Waals surface area contributed by atoms with E-state index in [1.54, 1.807) is 7.11 Å². The van der Waals surface area contributed by atoms with E-state index in [4.69, 9.17) is 4.74 Å². The number of hydrogen-bond acceptors (Lipinski definition) is 3. The third-order valence-electron chi connectivity index (χ3n) is 3.21. The summed E-state index contributed by atoms with van der Waals surface area (Å²) < 4.78 is 5.19. The summed E-state index contributed by atoms with van der Waals surface area (Å²) in [5.41, 5.74) is 1.18. The highest BCUT2D eigenvalue weighted by Gasteiger charge is 2.16. The summed E-state index contributed by atoms with van der Waals surface area (Å²) >= 11 is 0. The number of rotatable bonds is 4. The van der Waals surface area contributed by atoms with E-state index in [0.29, 0.717) is 6.42 Å². The van der Waals surface area contributed by atoms with Crippen LogP contribution in [0.5, 0.6) is 5.75 Å². The fourth-order valence-electron chi connectivity index (χ4n) is 2.19. The molecule has 0 bridgehead atoms. The zero-order valence-corrected chi connectivity index (χ0v) is 10.7. The highest BCUT2D eigenvalue weighted by Crippen LogP contribution is 2.13. The van der Waals surface area contributed by atoms with E-state index in [-0.39, 0.29) is 11.9 Å². The quantitative estimate of drug-likeness (QED) is 0.848. The van der Waals surface area contributed by atoms with Crippen LogP contribution < -0.4 is 15.4 Å². The molecule has 1 saturated heterocycles. The molecule has 1 aromatic carbocycles. The van der Waals surface area contributed by atoms with Gasteiger partial charge in [-0.25, -0.2) is 0 Å². The molecule has 0 spiro atoms. The second-order valence-electron chi connectivity index (χ2n) is 4.63. The van der Waals surface area contributed by atoms with E-state index in [2.05, 4.69) is 16.7 Å². The Hall–Kier alpha value is -1.55. The zero-order valence-electron chi connectivity index (χ0n) is 10.7. The standard InChI is InChI=1S/C14H20N2O2/c1-18-13-6-2-4-11(8-13)10-16-12-5-3-7-15-14(17)9-12/h2,4,6,8,12,16H,3,5,7,9-10H2,1H3,(H,15,17). The third kappa shape index (κ3) is 3.74. The number of hydrogen-bond donors (Lipinski definition) is 2. The Morgan fingerprint density at radius 1 is 1.50 bits per heavy atom. The van der Waals surface area contributed by atoms with Gasteiger partial charge in [0, 0.05) is 25.6 Å². The predicted octanol–water partition coefficient (Wildman–Crippen LogP) is 1.45. The van der Waals surface area contributed by atoms with Crippen molar-refractivity contribution in [2.24, 2.45) is 0 Å². The van der Waals surface area contributed by atoms with Gasteiger partial charge in [0.2, 0.25) is 5.91 Å². The summed E-state index contributed by atoms with van der Waals surface area (Å²) in [6.07, 6.45) is 2.66. The highest BCUT2D eigenvalue weighted by atomic mass is 16.5. The van der Waals surface area contributed by atoms with Crippen LogP contribution in [0.2, 0.25) is 0 Å². The number of carbonyl (C=O) groups excluding carboxylic acids is 1. The summed E-state index contributed by atoms with van der Waals surface area (Å²) in [5, 5.41) is 6.34. The van der Waals surface area contributed by atoms with Crippen LogP contribution in [0.15, 0.2) is 24.3 Å². The number of benzene rings is 1. The third-order valence-corrected chi connectivity index (χ3v) is 3.21. The Morgan fingerprint density at radius 2 is 2.39 bits per heavy atom. The number of carbonyl (C=O) groups is 1. The van der Waals surface area contributed by atoms with Gasteiger partial charge in [0.15, 0.2) is 0 Å². The van der Waals surface area contributed by atoms with Crippen molar-refractivity contribution in [1.29, 1.82) is 0 Å². The fourth-order valence-corrected chi connectivity index (χ4v) is 2.19. The molecule has 0 aromatic heterocycles. The zero-order chi connectivity index (χ0) is 12.8. The first-order chi connectivity index (χ1) is 8.78. The van der Waals surface area contributed by atoms with Gasteiger partial charge in [-0.3, -0.25) is 4.79 Å². The van der Waals surface area contributed by atoms with Gasteiger partial charge in [0.25, 0.3) is 0 Å². The van der Waals surface area contributed by atoms with Gasteiger partial charge in [-0.05, 0) is 30.5 Å². The molecule has 1 amide bonds. The van der Waals surface area contributed by atoms with Crippen LogP contribution in [0.4, 0.5) is 0 Å². The largest absolute Gasteiger partial charge is 0.497 e. The van der Waals surface area contributed by atoms with Crippen molar-refractivity contribution in [2.45, 2.75) is 31.8 Å². The molecule has 2 rings (SSSR count). The van der Waals surface area contributed by atoms with Crippen molar-refractivity contribution >= 4 is 5.91 Å². The minimum atomic E-state index is 0.149. The van der Waals surface area contributed by atoms with Crippen LogP contribution in [0.1, 0.15) is 24.8 Å². The maximum absolute atomic E-state index is 11.4. The molecular formula is C14H20N2O2. The maximum Gasteiger partial charge on any atom is 0.221 e. The Labute approximate surface area is 108 Å². The molecule has 1 aromatic rings. The molecule has 1 aliphatic heterocycles. The van der Waals surface area contributed by atoms with Crippen molar-refractivity contribution in [3.63, 3.8) is 0 Å². The first-order valence-electron chi connectivity index (χ1n) is 6.41. The average molecular weight is 248 g/mol. The lowest BCUT2D eigenvalue weighted by molar-refractivity contribution is -0.121. The topological polar surface area (TPSA) is 50.4 Å². The first-order valence-corrected chi connectivity index (χ1v) is 6.41. The SMILES string of the molecule is COc1cccc(CNC2CCCNC(=O)C2)c1. The summed E-state index contributed by atoms with van der Waals surface area (Å²) in [4.78, 5) is 11.4. The number of amides is 1. The number of ether oxygens (including phenoxy) is 1. The lowest BCUT2D eigenvalue weighted by Crippen LogP contribution is -2.32. The van der Waals surface area contributed by atoms with Crippen molar-refractivity contribution in [3.05, 3.63) is 29.8 Å². The molecule has 1 atom stereocenters. The van der Waals surface area contributed by atoms with Gasteiger partial charge in [-0.1, -0.05) is 12.1 Å². The molecule has 4 heteroatoms. The summed E-state index contributed by atoms with van der Waals surface area (Å²) in [7, 11) is 1.67. The molecule has 1 aliphatic rings. The molecule has 1 heterocycles. The van der Waals surface area contributed by atoms with E-state index < -0.39 is 0 Å². The second kappa shape index (κ2) is 6.40.